The maximum Gasteiger partial charge on any atom is 0.322 e. The van der Waals surface area contributed by atoms with Crippen LogP contribution in [-0.4, -0.2) is 40.3 Å². The van der Waals surface area contributed by atoms with E-state index in [0.29, 0.717) is 42.4 Å². The van der Waals surface area contributed by atoms with E-state index in [1.807, 2.05) is 48.5 Å². The van der Waals surface area contributed by atoms with E-state index in [9.17, 15) is 9.00 Å². The number of hydrogen-bond donors (Lipinski definition) is 1. The van der Waals surface area contributed by atoms with Crippen LogP contribution in [0.15, 0.2) is 48.5 Å². The summed E-state index contributed by atoms with van der Waals surface area (Å²) < 4.78 is 23.5. The second-order valence-electron chi connectivity index (χ2n) is 6.54. The van der Waals surface area contributed by atoms with E-state index in [1.54, 1.807) is 11.2 Å². The SMILES string of the molecule is CS(=O)Cc1ccccc1NC(=O)N1CCC2(C1)Oc1ccccc1O2. The normalized spacial score (nSPS) is 18.1. The van der Waals surface area contributed by atoms with Crippen LogP contribution in [-0.2, 0) is 16.6 Å². The maximum absolute atomic E-state index is 12.7. The molecule has 2 aliphatic rings. The number of amides is 2. The van der Waals surface area contributed by atoms with Gasteiger partial charge in [0.2, 0.25) is 0 Å². The number of para-hydroxylation sites is 3. The zero-order valence-corrected chi connectivity index (χ0v) is 15.3. The van der Waals surface area contributed by atoms with Crippen molar-refractivity contribution in [3.8, 4) is 11.5 Å². The van der Waals surface area contributed by atoms with Crippen LogP contribution in [0, 0.1) is 0 Å². The highest BCUT2D eigenvalue weighted by molar-refractivity contribution is 7.83. The number of hydrogen-bond acceptors (Lipinski definition) is 4. The van der Waals surface area contributed by atoms with Crippen molar-refractivity contribution in [2.24, 2.45) is 0 Å². The van der Waals surface area contributed by atoms with E-state index < -0.39 is 16.6 Å². The van der Waals surface area contributed by atoms with E-state index in [2.05, 4.69) is 5.32 Å². The number of carbonyl (C=O) groups excluding carboxylic acids is 1. The van der Waals surface area contributed by atoms with Crippen LogP contribution in [0.4, 0.5) is 10.5 Å². The Labute approximate surface area is 154 Å². The van der Waals surface area contributed by atoms with Gasteiger partial charge in [0, 0.05) is 35.7 Å². The lowest BCUT2D eigenvalue weighted by molar-refractivity contribution is -0.0647. The number of carbonyl (C=O) groups is 1. The number of likely N-dealkylation sites (tertiary alicyclic amines) is 1. The van der Waals surface area contributed by atoms with Crippen LogP contribution in [0.3, 0.4) is 0 Å². The first kappa shape index (κ1) is 16.9. The minimum atomic E-state index is -0.978. The van der Waals surface area contributed by atoms with Crippen molar-refractivity contribution in [3.63, 3.8) is 0 Å². The number of ether oxygens (including phenoxy) is 2. The van der Waals surface area contributed by atoms with Gasteiger partial charge in [0.15, 0.2) is 11.5 Å². The highest BCUT2D eigenvalue weighted by atomic mass is 32.2. The van der Waals surface area contributed by atoms with Crippen LogP contribution >= 0.6 is 0 Å². The molecule has 6 nitrogen and oxygen atoms in total. The summed E-state index contributed by atoms with van der Waals surface area (Å²) in [6, 6.07) is 14.8. The zero-order chi connectivity index (χ0) is 18.1. The van der Waals surface area contributed by atoms with E-state index in [4.69, 9.17) is 9.47 Å². The summed E-state index contributed by atoms with van der Waals surface area (Å²) in [6.07, 6.45) is 2.25. The molecule has 0 radical (unpaired) electrons. The molecule has 0 aliphatic carbocycles. The molecule has 1 unspecified atom stereocenters. The van der Waals surface area contributed by atoms with Gasteiger partial charge in [-0.3, -0.25) is 4.21 Å². The molecule has 2 aliphatic heterocycles. The molecule has 1 spiro atoms. The number of nitrogens with zero attached hydrogens (tertiary/aromatic N) is 1. The summed E-state index contributed by atoms with van der Waals surface area (Å²) in [7, 11) is -0.978. The van der Waals surface area contributed by atoms with Gasteiger partial charge in [0.25, 0.3) is 5.79 Å². The molecule has 1 fully saturated rings. The molecule has 0 saturated carbocycles. The van der Waals surface area contributed by atoms with Gasteiger partial charge in [0.1, 0.15) is 0 Å². The molecular weight excluding hydrogens is 352 g/mol. The Bertz CT molecular complexity index is 845. The molecule has 1 saturated heterocycles. The zero-order valence-electron chi connectivity index (χ0n) is 14.4. The summed E-state index contributed by atoms with van der Waals surface area (Å²) in [4.78, 5) is 14.4. The Morgan fingerprint density at radius 2 is 1.81 bits per heavy atom. The lowest BCUT2D eigenvalue weighted by Gasteiger charge is -2.23. The predicted octanol–water partition coefficient (Wildman–Crippen LogP) is 2.97. The van der Waals surface area contributed by atoms with Crippen LogP contribution in [0.1, 0.15) is 12.0 Å². The first-order chi connectivity index (χ1) is 12.5. The third-order valence-corrected chi connectivity index (χ3v) is 5.26. The average molecular weight is 372 g/mol. The third-order valence-electron chi connectivity index (χ3n) is 4.54. The second kappa shape index (κ2) is 6.64. The molecule has 2 heterocycles. The molecule has 0 bridgehead atoms. The maximum atomic E-state index is 12.7. The van der Waals surface area contributed by atoms with E-state index in [-0.39, 0.29) is 6.03 Å². The van der Waals surface area contributed by atoms with Crippen LogP contribution in [0.5, 0.6) is 11.5 Å². The van der Waals surface area contributed by atoms with Gasteiger partial charge in [-0.15, -0.1) is 0 Å². The monoisotopic (exact) mass is 372 g/mol. The average Bonchev–Trinajstić information content (AvgIpc) is 3.19. The number of urea groups is 1. The molecule has 2 aromatic rings. The Balaban J connectivity index is 1.44. The fourth-order valence-electron chi connectivity index (χ4n) is 3.32. The number of anilines is 1. The smallest absolute Gasteiger partial charge is 0.322 e. The molecule has 4 rings (SSSR count). The van der Waals surface area contributed by atoms with E-state index in [1.165, 1.54) is 0 Å². The predicted molar refractivity (Wildman–Crippen MR) is 99.9 cm³/mol. The van der Waals surface area contributed by atoms with Crippen molar-refractivity contribution >= 4 is 22.5 Å². The molecular formula is C19H20N2O4S. The largest absolute Gasteiger partial charge is 0.447 e. The first-order valence-corrected chi connectivity index (χ1v) is 10.2. The number of fused-ring (bicyclic) bond motifs is 1. The topological polar surface area (TPSA) is 67.9 Å². The minimum Gasteiger partial charge on any atom is -0.447 e. The van der Waals surface area contributed by atoms with Crippen molar-refractivity contribution < 1.29 is 18.5 Å². The highest BCUT2D eigenvalue weighted by Gasteiger charge is 2.48. The number of rotatable bonds is 3. The van der Waals surface area contributed by atoms with Crippen LogP contribution in [0.2, 0.25) is 0 Å². The van der Waals surface area contributed by atoms with Gasteiger partial charge in [-0.2, -0.15) is 0 Å². The molecule has 2 aromatic carbocycles. The van der Waals surface area contributed by atoms with Gasteiger partial charge in [-0.1, -0.05) is 30.3 Å². The van der Waals surface area contributed by atoms with E-state index >= 15 is 0 Å². The summed E-state index contributed by atoms with van der Waals surface area (Å²) in [6.45, 7) is 0.900. The molecule has 1 atom stereocenters. The molecule has 136 valence electrons. The second-order valence-corrected chi connectivity index (χ2v) is 7.97. The van der Waals surface area contributed by atoms with Crippen LogP contribution in [0.25, 0.3) is 0 Å². The Kier molecular flexibility index (Phi) is 4.32. The Morgan fingerprint density at radius 1 is 1.15 bits per heavy atom. The summed E-state index contributed by atoms with van der Waals surface area (Å²) in [5.41, 5.74) is 1.54. The molecule has 0 aromatic heterocycles. The fraction of sp³-hybridized carbons (Fsp3) is 0.316. The fourth-order valence-corrected chi connectivity index (χ4v) is 4.01. The first-order valence-electron chi connectivity index (χ1n) is 8.46. The Hall–Kier alpha value is -2.54. The van der Waals surface area contributed by atoms with Gasteiger partial charge >= 0.3 is 6.03 Å². The summed E-state index contributed by atoms with van der Waals surface area (Å²) in [5.74, 6) is 1.03. The lowest BCUT2D eigenvalue weighted by Crippen LogP contribution is -2.43. The van der Waals surface area contributed by atoms with E-state index in [0.717, 1.165) is 5.56 Å². The van der Waals surface area contributed by atoms with Crippen molar-refractivity contribution in [2.75, 3.05) is 24.7 Å². The van der Waals surface area contributed by atoms with Gasteiger partial charge in [0.05, 0.1) is 12.3 Å². The summed E-state index contributed by atoms with van der Waals surface area (Å²) in [5, 5.41) is 2.93. The Morgan fingerprint density at radius 3 is 2.50 bits per heavy atom. The third kappa shape index (κ3) is 3.26. The minimum absolute atomic E-state index is 0.209. The molecule has 1 N–H and O–H groups in total. The quantitative estimate of drug-likeness (QED) is 0.899. The van der Waals surface area contributed by atoms with Gasteiger partial charge in [-0.05, 0) is 23.8 Å². The van der Waals surface area contributed by atoms with Crippen molar-refractivity contribution in [1.82, 2.24) is 4.90 Å². The molecule has 7 heteroatoms. The molecule has 26 heavy (non-hydrogen) atoms. The molecule has 2 amide bonds. The van der Waals surface area contributed by atoms with Gasteiger partial charge in [-0.25, -0.2) is 4.79 Å². The standard InChI is InChI=1S/C19H20N2O4S/c1-26(23)12-14-6-2-3-7-15(14)20-18(22)21-11-10-19(13-21)24-16-8-4-5-9-17(16)25-19/h2-9H,10-13H2,1H3,(H,20,22). The number of nitrogens with one attached hydrogen (secondary N) is 1. The van der Waals surface area contributed by atoms with Crippen molar-refractivity contribution in [1.29, 1.82) is 0 Å². The van der Waals surface area contributed by atoms with Crippen molar-refractivity contribution in [3.05, 3.63) is 54.1 Å². The highest BCUT2D eigenvalue weighted by Crippen LogP contribution is 2.42. The number of benzene rings is 2. The summed E-state index contributed by atoms with van der Waals surface area (Å²) >= 11 is 0. The lowest BCUT2D eigenvalue weighted by atomic mass is 10.2. The van der Waals surface area contributed by atoms with Crippen LogP contribution < -0.4 is 14.8 Å². The van der Waals surface area contributed by atoms with Crippen molar-refractivity contribution in [2.45, 2.75) is 18.0 Å². The van der Waals surface area contributed by atoms with Gasteiger partial charge < -0.3 is 19.7 Å².